The number of nitrogens with one attached hydrogen (secondary N) is 2. The zero-order chi connectivity index (χ0) is 29.9. The molecule has 3 aliphatic rings. The number of hydrogen-bond donors (Lipinski definition) is 11. The molecule has 0 aromatic rings. The first kappa shape index (κ1) is 32.9. The molecule has 0 spiro atoms. The highest BCUT2D eigenvalue weighted by Gasteiger charge is 2.52. The van der Waals surface area contributed by atoms with E-state index < -0.39 is 124 Å². The van der Waals surface area contributed by atoms with Gasteiger partial charge in [0, 0.05) is 13.8 Å². The average molecular weight is 587 g/mol. The average Bonchev–Trinajstić information content (AvgIpc) is 2.90. The summed E-state index contributed by atoms with van der Waals surface area (Å²) in [5.41, 5.74) is 0. The van der Waals surface area contributed by atoms with E-state index in [0.29, 0.717) is 0 Å². The van der Waals surface area contributed by atoms with Gasteiger partial charge in [-0.05, 0) is 0 Å². The Hall–Kier alpha value is -1.62. The topological polar surface area (TPSA) is 286 Å². The summed E-state index contributed by atoms with van der Waals surface area (Å²) >= 11 is 0. The Kier molecular flexibility index (Phi) is 11.5. The second kappa shape index (κ2) is 14.0. The standard InChI is InChI=1S/C22H38N2O16/c1-6(27)23-11-16(32)13(29)8(3-25)38-21(11)36-5-10-15(31)19(12(20(35)37-10)24-7(2)28)40-22-18(34)17(33)14(30)9(4-26)39-22/h8-22,25-26,29-35H,3-5H2,1-2H3,(H,23,27)(H,24,28)/t8-,9-,10-,11-,12-,13-,14+,15-,16-,17+,18-,19-,20+,21-,22+/m1/s1. The lowest BCUT2D eigenvalue weighted by molar-refractivity contribution is -0.345. The molecule has 15 atom stereocenters. The first-order valence-electron chi connectivity index (χ1n) is 12.6. The van der Waals surface area contributed by atoms with Crippen molar-refractivity contribution < 1.29 is 79.2 Å². The monoisotopic (exact) mass is 586 g/mol. The van der Waals surface area contributed by atoms with Crippen LogP contribution in [0.3, 0.4) is 0 Å². The summed E-state index contributed by atoms with van der Waals surface area (Å²) in [7, 11) is 0. The van der Waals surface area contributed by atoms with E-state index in [-0.39, 0.29) is 0 Å². The summed E-state index contributed by atoms with van der Waals surface area (Å²) in [4.78, 5) is 23.4. The van der Waals surface area contributed by atoms with E-state index in [4.69, 9.17) is 23.7 Å². The highest BCUT2D eigenvalue weighted by atomic mass is 16.7. The number of amides is 2. The molecule has 3 saturated heterocycles. The molecule has 0 aliphatic carbocycles. The fourth-order valence-corrected chi connectivity index (χ4v) is 4.76. The van der Waals surface area contributed by atoms with Crippen LogP contribution in [0.5, 0.6) is 0 Å². The molecule has 2 amide bonds. The minimum Gasteiger partial charge on any atom is -0.394 e. The quantitative estimate of drug-likeness (QED) is 0.120. The summed E-state index contributed by atoms with van der Waals surface area (Å²) in [5.74, 6) is -1.26. The van der Waals surface area contributed by atoms with Gasteiger partial charge in [-0.15, -0.1) is 0 Å². The predicted octanol–water partition coefficient (Wildman–Crippen LogP) is -7.29. The van der Waals surface area contributed by atoms with Crippen molar-refractivity contribution in [1.82, 2.24) is 10.6 Å². The van der Waals surface area contributed by atoms with Crippen LogP contribution in [0, 0.1) is 0 Å². The summed E-state index contributed by atoms with van der Waals surface area (Å²) < 4.78 is 27.4. The summed E-state index contributed by atoms with van der Waals surface area (Å²) in [6, 6.07) is -2.75. The molecule has 3 heterocycles. The van der Waals surface area contributed by atoms with Gasteiger partial charge in [0.25, 0.3) is 0 Å². The van der Waals surface area contributed by atoms with Gasteiger partial charge in [-0.2, -0.15) is 0 Å². The smallest absolute Gasteiger partial charge is 0.217 e. The number of rotatable bonds is 9. The maximum atomic E-state index is 11.8. The largest absolute Gasteiger partial charge is 0.394 e. The van der Waals surface area contributed by atoms with Gasteiger partial charge in [-0.3, -0.25) is 9.59 Å². The highest BCUT2D eigenvalue weighted by molar-refractivity contribution is 5.73. The lowest BCUT2D eigenvalue weighted by atomic mass is 9.95. The van der Waals surface area contributed by atoms with E-state index in [1.54, 1.807) is 0 Å². The van der Waals surface area contributed by atoms with Crippen molar-refractivity contribution in [1.29, 1.82) is 0 Å². The predicted molar refractivity (Wildman–Crippen MR) is 124 cm³/mol. The van der Waals surface area contributed by atoms with Crippen LogP contribution in [0.4, 0.5) is 0 Å². The highest BCUT2D eigenvalue weighted by Crippen LogP contribution is 2.30. The van der Waals surface area contributed by atoms with E-state index >= 15 is 0 Å². The molecule has 3 aliphatic heterocycles. The van der Waals surface area contributed by atoms with Gasteiger partial charge >= 0.3 is 0 Å². The molecule has 40 heavy (non-hydrogen) atoms. The zero-order valence-corrected chi connectivity index (χ0v) is 21.7. The third kappa shape index (κ3) is 7.23. The van der Waals surface area contributed by atoms with E-state index in [2.05, 4.69) is 10.6 Å². The van der Waals surface area contributed by atoms with E-state index in [1.165, 1.54) is 0 Å². The Morgan fingerprint density at radius 2 is 1.18 bits per heavy atom. The summed E-state index contributed by atoms with van der Waals surface area (Å²) in [6.07, 6.45) is -21.0. The molecule has 3 rings (SSSR count). The second-order valence-electron chi connectivity index (χ2n) is 9.85. The van der Waals surface area contributed by atoms with Crippen molar-refractivity contribution in [3.8, 4) is 0 Å². The minimum atomic E-state index is -1.87. The molecule has 0 saturated carbocycles. The van der Waals surface area contributed by atoms with Crippen molar-refractivity contribution in [2.24, 2.45) is 0 Å². The van der Waals surface area contributed by atoms with E-state index in [9.17, 15) is 55.5 Å². The molecular formula is C22H38N2O16. The molecular weight excluding hydrogens is 548 g/mol. The van der Waals surface area contributed by atoms with Gasteiger partial charge in [0.1, 0.15) is 73.1 Å². The molecule has 3 fully saturated rings. The maximum Gasteiger partial charge on any atom is 0.217 e. The lowest BCUT2D eigenvalue weighted by Crippen LogP contribution is -2.68. The number of ether oxygens (including phenoxy) is 5. The molecule has 0 bridgehead atoms. The lowest BCUT2D eigenvalue weighted by Gasteiger charge is -2.47. The third-order valence-electron chi connectivity index (χ3n) is 6.88. The van der Waals surface area contributed by atoms with Crippen LogP contribution in [0.15, 0.2) is 0 Å². The van der Waals surface area contributed by atoms with Gasteiger partial charge in [0.15, 0.2) is 18.9 Å². The van der Waals surface area contributed by atoms with Gasteiger partial charge < -0.3 is 80.3 Å². The number of carbonyl (C=O) groups is 2. The van der Waals surface area contributed by atoms with E-state index in [0.717, 1.165) is 13.8 Å². The SMILES string of the molecule is CC(=O)N[C@@H]1[C@@H](O[C@@H]2O[C@H](CO)[C@H](O)[C@H](O)[C@H]2O)[C@H](O)[C@@H](CO[C@@H]2O[C@H](CO)[C@@H](O)[C@H](O)[C@H]2NC(C)=O)O[C@@H]1O. The fraction of sp³-hybridized carbons (Fsp3) is 0.909. The Morgan fingerprint density at radius 3 is 1.73 bits per heavy atom. The maximum absolute atomic E-state index is 11.8. The van der Waals surface area contributed by atoms with Crippen LogP contribution >= 0.6 is 0 Å². The summed E-state index contributed by atoms with van der Waals surface area (Å²) in [5, 5.41) is 96.3. The molecule has 0 unspecified atom stereocenters. The molecule has 18 nitrogen and oxygen atoms in total. The Morgan fingerprint density at radius 1 is 0.650 bits per heavy atom. The van der Waals surface area contributed by atoms with Gasteiger partial charge in [0.05, 0.1) is 19.8 Å². The molecule has 232 valence electrons. The van der Waals surface area contributed by atoms with Crippen LogP contribution in [-0.2, 0) is 33.3 Å². The first-order valence-corrected chi connectivity index (χ1v) is 12.6. The number of carbonyl (C=O) groups excluding carboxylic acids is 2. The number of hydrogen-bond acceptors (Lipinski definition) is 16. The van der Waals surface area contributed by atoms with Crippen molar-refractivity contribution in [2.45, 2.75) is 106 Å². The van der Waals surface area contributed by atoms with Crippen molar-refractivity contribution in [2.75, 3.05) is 19.8 Å². The van der Waals surface area contributed by atoms with Crippen molar-refractivity contribution in [3.63, 3.8) is 0 Å². The molecule has 0 aromatic heterocycles. The Labute approximate surface area is 228 Å². The molecule has 0 aromatic carbocycles. The minimum absolute atomic E-state index is 0.596. The molecule has 0 radical (unpaired) electrons. The molecule has 18 heteroatoms. The normalized spacial score (nSPS) is 46.0. The van der Waals surface area contributed by atoms with Crippen molar-refractivity contribution in [3.05, 3.63) is 0 Å². The van der Waals surface area contributed by atoms with Crippen LogP contribution in [0.1, 0.15) is 13.8 Å². The van der Waals surface area contributed by atoms with Crippen LogP contribution < -0.4 is 10.6 Å². The van der Waals surface area contributed by atoms with Crippen LogP contribution in [-0.4, -0.2) is 170 Å². The second-order valence-corrected chi connectivity index (χ2v) is 9.85. The number of aliphatic hydroxyl groups is 9. The first-order chi connectivity index (χ1) is 18.8. The fourth-order valence-electron chi connectivity index (χ4n) is 4.76. The number of aliphatic hydroxyl groups excluding tert-OH is 9. The third-order valence-corrected chi connectivity index (χ3v) is 6.88. The van der Waals surface area contributed by atoms with Gasteiger partial charge in [-0.1, -0.05) is 0 Å². The zero-order valence-electron chi connectivity index (χ0n) is 21.7. The van der Waals surface area contributed by atoms with Gasteiger partial charge in [-0.25, -0.2) is 0 Å². The van der Waals surface area contributed by atoms with E-state index in [1.807, 2.05) is 0 Å². The molecule has 11 N–H and O–H groups in total. The summed E-state index contributed by atoms with van der Waals surface area (Å²) in [6.45, 7) is 0.184. The van der Waals surface area contributed by atoms with Crippen molar-refractivity contribution >= 4 is 11.8 Å². The Bertz CT molecular complexity index is 852. The Balaban J connectivity index is 1.78. The van der Waals surface area contributed by atoms with Gasteiger partial charge in [0.2, 0.25) is 11.8 Å². The van der Waals surface area contributed by atoms with Crippen LogP contribution in [0.25, 0.3) is 0 Å². The van der Waals surface area contributed by atoms with Crippen LogP contribution in [0.2, 0.25) is 0 Å².